The van der Waals surface area contributed by atoms with E-state index in [4.69, 9.17) is 10.00 Å². The Balaban J connectivity index is 1.90. The zero-order chi connectivity index (χ0) is 11.9. The van der Waals surface area contributed by atoms with Crippen LogP contribution in [-0.2, 0) is 0 Å². The number of nitrogens with one attached hydrogen (secondary N) is 1. The second-order valence-electron chi connectivity index (χ2n) is 3.99. The van der Waals surface area contributed by atoms with Crippen LogP contribution in [0.3, 0.4) is 0 Å². The van der Waals surface area contributed by atoms with Crippen LogP contribution in [0.15, 0.2) is 24.3 Å². The molecule has 1 heterocycles. The van der Waals surface area contributed by atoms with Crippen LogP contribution < -0.4 is 15.0 Å². The SMILES string of the molecule is N#CCCOc1ccc(N2CCNCC2)cc1. The minimum absolute atomic E-state index is 0.430. The largest absolute Gasteiger partial charge is 0.493 e. The third-order valence-corrected chi connectivity index (χ3v) is 2.80. The fourth-order valence-electron chi connectivity index (χ4n) is 1.89. The molecular formula is C13H17N3O. The van der Waals surface area contributed by atoms with Gasteiger partial charge in [-0.25, -0.2) is 0 Å². The number of nitriles is 1. The zero-order valence-electron chi connectivity index (χ0n) is 9.85. The van der Waals surface area contributed by atoms with Crippen molar-refractivity contribution in [1.82, 2.24) is 5.32 Å². The molecule has 0 bridgehead atoms. The van der Waals surface area contributed by atoms with Crippen molar-refractivity contribution in [2.24, 2.45) is 0 Å². The van der Waals surface area contributed by atoms with Crippen molar-refractivity contribution in [3.63, 3.8) is 0 Å². The molecule has 0 unspecified atom stereocenters. The molecule has 1 aromatic carbocycles. The Labute approximate surface area is 102 Å². The second kappa shape index (κ2) is 6.12. The molecule has 2 rings (SSSR count). The van der Waals surface area contributed by atoms with Crippen molar-refractivity contribution in [2.45, 2.75) is 6.42 Å². The molecule has 4 heteroatoms. The molecule has 0 saturated carbocycles. The second-order valence-corrected chi connectivity index (χ2v) is 3.99. The summed E-state index contributed by atoms with van der Waals surface area (Å²) in [4.78, 5) is 2.36. The summed E-state index contributed by atoms with van der Waals surface area (Å²) < 4.78 is 5.44. The molecule has 1 N–H and O–H groups in total. The number of hydrogen-bond acceptors (Lipinski definition) is 4. The molecule has 1 aliphatic rings. The Morgan fingerprint density at radius 3 is 2.59 bits per heavy atom. The predicted octanol–water partition coefficient (Wildman–Crippen LogP) is 1.39. The van der Waals surface area contributed by atoms with Crippen molar-refractivity contribution in [3.8, 4) is 11.8 Å². The van der Waals surface area contributed by atoms with Gasteiger partial charge in [0, 0.05) is 31.9 Å². The summed E-state index contributed by atoms with van der Waals surface area (Å²) in [6.45, 7) is 4.65. The lowest BCUT2D eigenvalue weighted by Gasteiger charge is -2.29. The van der Waals surface area contributed by atoms with Gasteiger partial charge in [-0.15, -0.1) is 0 Å². The van der Waals surface area contributed by atoms with E-state index in [1.54, 1.807) is 0 Å². The van der Waals surface area contributed by atoms with Gasteiger partial charge in [0.15, 0.2) is 0 Å². The Kier molecular flexibility index (Phi) is 4.23. The van der Waals surface area contributed by atoms with Gasteiger partial charge in [0.1, 0.15) is 12.4 Å². The summed E-state index contributed by atoms with van der Waals surface area (Å²) >= 11 is 0. The number of hydrogen-bond donors (Lipinski definition) is 1. The third kappa shape index (κ3) is 3.36. The van der Waals surface area contributed by atoms with Gasteiger partial charge < -0.3 is 15.0 Å². The summed E-state index contributed by atoms with van der Waals surface area (Å²) in [5, 5.41) is 11.7. The minimum Gasteiger partial charge on any atom is -0.493 e. The van der Waals surface area contributed by atoms with Crippen LogP contribution in [0.4, 0.5) is 5.69 Å². The van der Waals surface area contributed by atoms with E-state index in [9.17, 15) is 0 Å². The number of benzene rings is 1. The fourth-order valence-corrected chi connectivity index (χ4v) is 1.89. The highest BCUT2D eigenvalue weighted by molar-refractivity contribution is 5.49. The fraction of sp³-hybridized carbons (Fsp3) is 0.462. The van der Waals surface area contributed by atoms with Crippen molar-refractivity contribution < 1.29 is 4.74 Å². The maximum Gasteiger partial charge on any atom is 0.119 e. The zero-order valence-corrected chi connectivity index (χ0v) is 9.85. The van der Waals surface area contributed by atoms with Gasteiger partial charge in [0.2, 0.25) is 0 Å². The number of rotatable bonds is 4. The molecule has 0 radical (unpaired) electrons. The molecular weight excluding hydrogens is 214 g/mol. The van der Waals surface area contributed by atoms with E-state index < -0.39 is 0 Å². The number of piperazine rings is 1. The molecule has 1 fully saturated rings. The quantitative estimate of drug-likeness (QED) is 0.795. The summed E-state index contributed by atoms with van der Waals surface area (Å²) in [5.74, 6) is 0.833. The molecule has 0 spiro atoms. The average molecular weight is 231 g/mol. The lowest BCUT2D eigenvalue weighted by atomic mass is 10.2. The van der Waals surface area contributed by atoms with Crippen molar-refractivity contribution in [1.29, 1.82) is 5.26 Å². The predicted molar refractivity (Wildman–Crippen MR) is 67.2 cm³/mol. The monoisotopic (exact) mass is 231 g/mol. The standard InChI is InChI=1S/C13H17N3O/c14-6-1-11-17-13-4-2-12(3-5-13)16-9-7-15-8-10-16/h2-5,15H,1,7-11H2. The Bertz CT molecular complexity index is 377. The number of anilines is 1. The first-order valence-corrected chi connectivity index (χ1v) is 5.95. The van der Waals surface area contributed by atoms with Crippen molar-refractivity contribution >= 4 is 5.69 Å². The first kappa shape index (κ1) is 11.7. The van der Waals surface area contributed by atoms with E-state index in [0.29, 0.717) is 13.0 Å². The van der Waals surface area contributed by atoms with Crippen molar-refractivity contribution in [2.75, 3.05) is 37.7 Å². The van der Waals surface area contributed by atoms with Gasteiger partial charge in [0.25, 0.3) is 0 Å². The first-order valence-electron chi connectivity index (χ1n) is 5.95. The van der Waals surface area contributed by atoms with Crippen LogP contribution in [0.25, 0.3) is 0 Å². The maximum absolute atomic E-state index is 8.42. The van der Waals surface area contributed by atoms with Gasteiger partial charge in [-0.3, -0.25) is 0 Å². The average Bonchev–Trinajstić information content (AvgIpc) is 2.41. The van der Waals surface area contributed by atoms with Crippen LogP contribution in [0.5, 0.6) is 5.75 Å². The summed E-state index contributed by atoms with van der Waals surface area (Å²) in [7, 11) is 0. The minimum atomic E-state index is 0.430. The number of ether oxygens (including phenoxy) is 1. The normalized spacial score (nSPS) is 15.4. The van der Waals surface area contributed by atoms with Crippen LogP contribution in [0.2, 0.25) is 0 Å². The van der Waals surface area contributed by atoms with E-state index >= 15 is 0 Å². The van der Waals surface area contributed by atoms with E-state index in [0.717, 1.165) is 31.9 Å². The Morgan fingerprint density at radius 1 is 1.24 bits per heavy atom. The van der Waals surface area contributed by atoms with Crippen LogP contribution in [-0.4, -0.2) is 32.8 Å². The van der Waals surface area contributed by atoms with E-state index in [2.05, 4.69) is 28.4 Å². The topological polar surface area (TPSA) is 48.3 Å². The lowest BCUT2D eigenvalue weighted by molar-refractivity contribution is 0.326. The van der Waals surface area contributed by atoms with Crippen LogP contribution in [0.1, 0.15) is 6.42 Å². The molecule has 1 saturated heterocycles. The molecule has 0 aliphatic carbocycles. The lowest BCUT2D eigenvalue weighted by Crippen LogP contribution is -2.43. The Hall–Kier alpha value is -1.73. The molecule has 1 aliphatic heterocycles. The van der Waals surface area contributed by atoms with E-state index in [1.807, 2.05) is 12.1 Å². The van der Waals surface area contributed by atoms with E-state index in [1.165, 1.54) is 5.69 Å². The summed E-state index contributed by atoms with van der Waals surface area (Å²) in [6.07, 6.45) is 0.430. The van der Waals surface area contributed by atoms with Crippen LogP contribution >= 0.6 is 0 Å². The smallest absolute Gasteiger partial charge is 0.119 e. The molecule has 0 aromatic heterocycles. The first-order chi connectivity index (χ1) is 8.40. The maximum atomic E-state index is 8.42. The van der Waals surface area contributed by atoms with Gasteiger partial charge in [0.05, 0.1) is 12.5 Å². The van der Waals surface area contributed by atoms with Gasteiger partial charge in [-0.05, 0) is 24.3 Å². The summed E-state index contributed by atoms with van der Waals surface area (Å²) in [6, 6.07) is 10.1. The molecule has 17 heavy (non-hydrogen) atoms. The van der Waals surface area contributed by atoms with Gasteiger partial charge in [-0.2, -0.15) is 5.26 Å². The molecule has 1 aromatic rings. The molecule has 90 valence electrons. The van der Waals surface area contributed by atoms with E-state index in [-0.39, 0.29) is 0 Å². The third-order valence-electron chi connectivity index (χ3n) is 2.80. The highest BCUT2D eigenvalue weighted by Gasteiger charge is 2.09. The van der Waals surface area contributed by atoms with Gasteiger partial charge >= 0.3 is 0 Å². The Morgan fingerprint density at radius 2 is 1.94 bits per heavy atom. The molecule has 4 nitrogen and oxygen atoms in total. The van der Waals surface area contributed by atoms with Gasteiger partial charge in [-0.1, -0.05) is 0 Å². The molecule has 0 atom stereocenters. The highest BCUT2D eigenvalue weighted by Crippen LogP contribution is 2.19. The van der Waals surface area contributed by atoms with Crippen molar-refractivity contribution in [3.05, 3.63) is 24.3 Å². The molecule has 0 amide bonds. The number of nitrogens with zero attached hydrogens (tertiary/aromatic N) is 2. The summed E-state index contributed by atoms with van der Waals surface area (Å²) in [5.41, 5.74) is 1.24. The highest BCUT2D eigenvalue weighted by atomic mass is 16.5. The van der Waals surface area contributed by atoms with Crippen LogP contribution in [0, 0.1) is 11.3 Å².